The number of nitrogens with two attached hydrogens (primary N) is 1. The Labute approximate surface area is 86.6 Å². The molecule has 1 fully saturated rings. The second-order valence-electron chi connectivity index (χ2n) is 3.69. The minimum absolute atomic E-state index is 0.274. The van der Waals surface area contributed by atoms with Gasteiger partial charge in [-0.15, -0.1) is 0 Å². The van der Waals surface area contributed by atoms with Crippen molar-refractivity contribution in [3.63, 3.8) is 0 Å². The molecule has 1 aromatic rings. The lowest BCUT2D eigenvalue weighted by molar-refractivity contribution is 0.333. The maximum Gasteiger partial charge on any atom is 0.122 e. The fourth-order valence-electron chi connectivity index (χ4n) is 2.06. The highest BCUT2D eigenvalue weighted by atomic mass is 79.9. The van der Waals surface area contributed by atoms with Gasteiger partial charge in [0.15, 0.2) is 0 Å². The molecule has 0 spiro atoms. The van der Waals surface area contributed by atoms with Gasteiger partial charge in [-0.05, 0) is 34.8 Å². The second-order valence-corrected chi connectivity index (χ2v) is 4.54. The third-order valence-corrected chi connectivity index (χ3v) is 3.46. The van der Waals surface area contributed by atoms with Crippen molar-refractivity contribution >= 4 is 15.9 Å². The van der Waals surface area contributed by atoms with Crippen LogP contribution in [0.1, 0.15) is 37.4 Å². The lowest BCUT2D eigenvalue weighted by Gasteiger charge is -2.27. The molecule has 1 saturated carbocycles. The summed E-state index contributed by atoms with van der Waals surface area (Å²) in [6, 6.07) is 2.22. The zero-order chi connectivity index (χ0) is 9.26. The van der Waals surface area contributed by atoms with Crippen molar-refractivity contribution < 1.29 is 4.42 Å². The zero-order valence-electron chi connectivity index (χ0n) is 7.50. The van der Waals surface area contributed by atoms with Crippen molar-refractivity contribution in [2.45, 2.75) is 37.6 Å². The predicted molar refractivity (Wildman–Crippen MR) is 55.6 cm³/mol. The van der Waals surface area contributed by atoms with Gasteiger partial charge < -0.3 is 10.2 Å². The van der Waals surface area contributed by atoms with Crippen molar-refractivity contribution in [1.82, 2.24) is 0 Å². The van der Waals surface area contributed by atoms with E-state index in [1.165, 1.54) is 12.8 Å². The Balaban J connectivity index is 2.19. The quantitative estimate of drug-likeness (QED) is 0.824. The molecule has 0 radical (unpaired) electrons. The standard InChI is InChI=1S/C10H14BrNO/c11-8-5-6-13-10(8)7-3-1-2-4-9(7)12/h5-7,9H,1-4,12H2. The number of hydrogen-bond acceptors (Lipinski definition) is 2. The first kappa shape index (κ1) is 9.28. The summed E-state index contributed by atoms with van der Waals surface area (Å²) in [4.78, 5) is 0. The van der Waals surface area contributed by atoms with Gasteiger partial charge in [-0.3, -0.25) is 0 Å². The zero-order valence-corrected chi connectivity index (χ0v) is 9.09. The van der Waals surface area contributed by atoms with Gasteiger partial charge in [0.1, 0.15) is 5.76 Å². The van der Waals surface area contributed by atoms with Crippen LogP contribution in [0, 0.1) is 0 Å². The van der Waals surface area contributed by atoms with Gasteiger partial charge in [-0.25, -0.2) is 0 Å². The third kappa shape index (κ3) is 1.81. The first-order valence-electron chi connectivity index (χ1n) is 4.77. The first-order valence-corrected chi connectivity index (χ1v) is 5.57. The van der Waals surface area contributed by atoms with E-state index in [4.69, 9.17) is 10.2 Å². The molecule has 2 unspecified atom stereocenters. The fraction of sp³-hybridized carbons (Fsp3) is 0.600. The van der Waals surface area contributed by atoms with Crippen molar-refractivity contribution in [3.8, 4) is 0 Å². The Kier molecular flexibility index (Phi) is 2.74. The molecule has 3 heteroatoms. The minimum Gasteiger partial charge on any atom is -0.468 e. The molecule has 0 aliphatic heterocycles. The summed E-state index contributed by atoms with van der Waals surface area (Å²) >= 11 is 3.48. The van der Waals surface area contributed by atoms with Crippen LogP contribution >= 0.6 is 15.9 Å². The molecule has 13 heavy (non-hydrogen) atoms. The Hall–Kier alpha value is -0.280. The third-order valence-electron chi connectivity index (χ3n) is 2.80. The highest BCUT2D eigenvalue weighted by Crippen LogP contribution is 2.36. The summed E-state index contributed by atoms with van der Waals surface area (Å²) in [5.41, 5.74) is 6.06. The molecule has 0 saturated heterocycles. The van der Waals surface area contributed by atoms with Crippen LogP contribution in [0.2, 0.25) is 0 Å². The van der Waals surface area contributed by atoms with Gasteiger partial charge in [-0.1, -0.05) is 12.8 Å². The Bertz CT molecular complexity index is 284. The van der Waals surface area contributed by atoms with E-state index in [2.05, 4.69) is 15.9 Å². The van der Waals surface area contributed by atoms with E-state index in [0.29, 0.717) is 5.92 Å². The Morgan fingerprint density at radius 2 is 2.15 bits per heavy atom. The van der Waals surface area contributed by atoms with Crippen molar-refractivity contribution in [2.24, 2.45) is 5.73 Å². The van der Waals surface area contributed by atoms with E-state index in [-0.39, 0.29) is 6.04 Å². The maximum atomic E-state index is 6.06. The van der Waals surface area contributed by atoms with E-state index < -0.39 is 0 Å². The average molecular weight is 244 g/mol. The summed E-state index contributed by atoms with van der Waals surface area (Å²) in [5, 5.41) is 0. The van der Waals surface area contributed by atoms with Crippen molar-refractivity contribution in [3.05, 3.63) is 22.6 Å². The SMILES string of the molecule is NC1CCCCC1c1occc1Br. The van der Waals surface area contributed by atoms with Crippen LogP contribution in [-0.2, 0) is 0 Å². The first-order chi connectivity index (χ1) is 6.29. The Morgan fingerprint density at radius 3 is 2.77 bits per heavy atom. The summed E-state index contributed by atoms with van der Waals surface area (Å²) in [7, 11) is 0. The number of halogens is 1. The largest absolute Gasteiger partial charge is 0.468 e. The van der Waals surface area contributed by atoms with Crippen molar-refractivity contribution in [2.75, 3.05) is 0 Å². The fourth-order valence-corrected chi connectivity index (χ4v) is 2.55. The van der Waals surface area contributed by atoms with Crippen LogP contribution in [-0.4, -0.2) is 6.04 Å². The second kappa shape index (κ2) is 3.84. The molecule has 1 aromatic heterocycles. The van der Waals surface area contributed by atoms with Gasteiger partial charge in [-0.2, -0.15) is 0 Å². The van der Waals surface area contributed by atoms with E-state index >= 15 is 0 Å². The highest BCUT2D eigenvalue weighted by Gasteiger charge is 2.27. The maximum absolute atomic E-state index is 6.06. The summed E-state index contributed by atoms with van der Waals surface area (Å²) in [5.74, 6) is 1.45. The summed E-state index contributed by atoms with van der Waals surface area (Å²) in [6.07, 6.45) is 6.54. The number of furan rings is 1. The summed E-state index contributed by atoms with van der Waals surface area (Å²) < 4.78 is 6.51. The number of hydrogen-bond donors (Lipinski definition) is 1. The van der Waals surface area contributed by atoms with Gasteiger partial charge in [0.05, 0.1) is 10.7 Å². The van der Waals surface area contributed by atoms with Crippen LogP contribution in [0.4, 0.5) is 0 Å². The lowest BCUT2D eigenvalue weighted by Crippen LogP contribution is -2.31. The van der Waals surface area contributed by atoms with Gasteiger partial charge in [0.2, 0.25) is 0 Å². The molecule has 1 aliphatic carbocycles. The topological polar surface area (TPSA) is 39.2 Å². The van der Waals surface area contributed by atoms with E-state index in [9.17, 15) is 0 Å². The van der Waals surface area contributed by atoms with E-state index in [0.717, 1.165) is 23.1 Å². The molecule has 1 aliphatic rings. The molecular formula is C10H14BrNO. The molecule has 2 nitrogen and oxygen atoms in total. The van der Waals surface area contributed by atoms with Crippen LogP contribution in [0.3, 0.4) is 0 Å². The van der Waals surface area contributed by atoms with Crippen LogP contribution in [0.5, 0.6) is 0 Å². The molecular weight excluding hydrogens is 230 g/mol. The molecule has 2 N–H and O–H groups in total. The smallest absolute Gasteiger partial charge is 0.122 e. The molecule has 0 aromatic carbocycles. The van der Waals surface area contributed by atoms with Crippen LogP contribution in [0.15, 0.2) is 21.2 Å². The van der Waals surface area contributed by atoms with E-state index in [1.54, 1.807) is 6.26 Å². The number of rotatable bonds is 1. The van der Waals surface area contributed by atoms with Crippen LogP contribution in [0.25, 0.3) is 0 Å². The Morgan fingerprint density at radius 1 is 1.38 bits per heavy atom. The van der Waals surface area contributed by atoms with Gasteiger partial charge >= 0.3 is 0 Å². The highest BCUT2D eigenvalue weighted by molar-refractivity contribution is 9.10. The predicted octanol–water partition coefficient (Wildman–Crippen LogP) is 3.03. The van der Waals surface area contributed by atoms with E-state index in [1.807, 2.05) is 6.07 Å². The lowest BCUT2D eigenvalue weighted by atomic mass is 9.83. The molecule has 1 heterocycles. The van der Waals surface area contributed by atoms with Crippen molar-refractivity contribution in [1.29, 1.82) is 0 Å². The minimum atomic E-state index is 0.274. The molecule has 2 rings (SSSR count). The summed E-state index contributed by atoms with van der Waals surface area (Å²) in [6.45, 7) is 0. The molecule has 2 atom stereocenters. The molecule has 72 valence electrons. The normalized spacial score (nSPS) is 29.1. The average Bonchev–Trinajstić information content (AvgIpc) is 2.52. The molecule has 0 bridgehead atoms. The molecule has 0 amide bonds. The monoisotopic (exact) mass is 243 g/mol. The van der Waals surface area contributed by atoms with Crippen LogP contribution < -0.4 is 5.73 Å². The van der Waals surface area contributed by atoms with Gasteiger partial charge in [0, 0.05) is 12.0 Å². The van der Waals surface area contributed by atoms with Gasteiger partial charge in [0.25, 0.3) is 0 Å².